The van der Waals surface area contributed by atoms with Crippen LogP contribution in [0.4, 0.5) is 17.1 Å². The van der Waals surface area contributed by atoms with Crippen molar-refractivity contribution in [2.24, 2.45) is 0 Å². The molecule has 7 nitrogen and oxygen atoms in total. The number of rotatable bonds is 6. The Balaban J connectivity index is 1.55. The lowest BCUT2D eigenvalue weighted by atomic mass is 10.2. The zero-order chi connectivity index (χ0) is 23.6. The van der Waals surface area contributed by atoms with Crippen LogP contribution < -0.4 is 14.5 Å². The summed E-state index contributed by atoms with van der Waals surface area (Å²) in [6.45, 7) is 0.649. The standard InChI is InChI=1S/C24H22ClN3O4S/c1-27(20-9-3-7-18(25)15-20)33(31,32)22-11-2-6-17(14-22)24(30)26-19-8-4-10-21(16-19)28-13-5-12-23(28)29/h2-4,6-11,14-16H,5,12-13H2,1H3,(H,26,30). The summed E-state index contributed by atoms with van der Waals surface area (Å²) in [5.41, 5.74) is 1.83. The number of carbonyl (C=O) groups is 2. The molecule has 9 heteroatoms. The lowest BCUT2D eigenvalue weighted by Gasteiger charge is -2.20. The molecule has 0 saturated carbocycles. The number of benzene rings is 3. The number of anilines is 3. The quantitative estimate of drug-likeness (QED) is 0.557. The van der Waals surface area contributed by atoms with Crippen molar-refractivity contribution < 1.29 is 18.0 Å². The second kappa shape index (κ2) is 9.25. The highest BCUT2D eigenvalue weighted by atomic mass is 35.5. The van der Waals surface area contributed by atoms with Gasteiger partial charge in [0.05, 0.1) is 10.6 Å². The fourth-order valence-electron chi connectivity index (χ4n) is 3.64. The van der Waals surface area contributed by atoms with Gasteiger partial charge in [0.15, 0.2) is 0 Å². The van der Waals surface area contributed by atoms with Crippen LogP contribution in [0.2, 0.25) is 5.02 Å². The Morgan fingerprint density at radius 2 is 1.79 bits per heavy atom. The number of nitrogens with zero attached hydrogens (tertiary/aromatic N) is 2. The van der Waals surface area contributed by atoms with Crippen molar-refractivity contribution in [2.75, 3.05) is 28.1 Å². The van der Waals surface area contributed by atoms with Crippen molar-refractivity contribution in [3.8, 4) is 0 Å². The molecule has 0 radical (unpaired) electrons. The first-order valence-corrected chi connectivity index (χ1v) is 12.1. The Morgan fingerprint density at radius 1 is 1.03 bits per heavy atom. The second-order valence-corrected chi connectivity index (χ2v) is 10.0. The smallest absolute Gasteiger partial charge is 0.264 e. The summed E-state index contributed by atoms with van der Waals surface area (Å²) in [5, 5.41) is 3.20. The van der Waals surface area contributed by atoms with E-state index >= 15 is 0 Å². The molecule has 0 aromatic heterocycles. The maximum absolute atomic E-state index is 13.1. The highest BCUT2D eigenvalue weighted by Gasteiger charge is 2.24. The number of carbonyl (C=O) groups excluding carboxylic acids is 2. The van der Waals surface area contributed by atoms with Gasteiger partial charge in [0.1, 0.15) is 0 Å². The zero-order valence-electron chi connectivity index (χ0n) is 17.9. The van der Waals surface area contributed by atoms with E-state index in [1.807, 2.05) is 6.07 Å². The number of hydrogen-bond donors (Lipinski definition) is 1. The number of sulfonamides is 1. The summed E-state index contributed by atoms with van der Waals surface area (Å²) < 4.78 is 27.3. The molecule has 0 bridgehead atoms. The largest absolute Gasteiger partial charge is 0.322 e. The average Bonchev–Trinajstić information content (AvgIpc) is 3.24. The first-order chi connectivity index (χ1) is 15.8. The molecule has 0 unspecified atom stereocenters. The van der Waals surface area contributed by atoms with E-state index in [0.717, 1.165) is 16.4 Å². The molecule has 2 amide bonds. The first-order valence-electron chi connectivity index (χ1n) is 10.3. The van der Waals surface area contributed by atoms with Crippen molar-refractivity contribution in [3.63, 3.8) is 0 Å². The fourth-order valence-corrected chi connectivity index (χ4v) is 5.06. The van der Waals surface area contributed by atoms with E-state index in [1.165, 1.54) is 25.2 Å². The molecule has 1 fully saturated rings. The SMILES string of the molecule is CN(c1cccc(Cl)c1)S(=O)(=O)c1cccc(C(=O)Nc2cccc(N3CCCC3=O)c2)c1. The summed E-state index contributed by atoms with van der Waals surface area (Å²) in [7, 11) is -2.48. The normalized spacial score (nSPS) is 13.8. The van der Waals surface area contributed by atoms with Gasteiger partial charge in [-0.05, 0) is 61.0 Å². The molecule has 1 aliphatic heterocycles. The van der Waals surface area contributed by atoms with Crippen molar-refractivity contribution in [3.05, 3.63) is 83.4 Å². The van der Waals surface area contributed by atoms with Gasteiger partial charge in [-0.15, -0.1) is 0 Å². The lowest BCUT2D eigenvalue weighted by molar-refractivity contribution is -0.117. The Bertz CT molecular complexity index is 1330. The third-order valence-electron chi connectivity index (χ3n) is 5.42. The summed E-state index contributed by atoms with van der Waals surface area (Å²) in [6, 6.07) is 19.4. The molecule has 170 valence electrons. The van der Waals surface area contributed by atoms with Crippen molar-refractivity contribution in [2.45, 2.75) is 17.7 Å². The van der Waals surface area contributed by atoms with Crippen LogP contribution in [-0.4, -0.2) is 33.8 Å². The van der Waals surface area contributed by atoms with Gasteiger partial charge < -0.3 is 10.2 Å². The first kappa shape index (κ1) is 22.8. The minimum atomic E-state index is -3.91. The van der Waals surface area contributed by atoms with E-state index in [9.17, 15) is 18.0 Å². The van der Waals surface area contributed by atoms with E-state index in [-0.39, 0.29) is 16.4 Å². The van der Waals surface area contributed by atoms with Crippen LogP contribution in [0.1, 0.15) is 23.2 Å². The fraction of sp³-hybridized carbons (Fsp3) is 0.167. The molecule has 0 aliphatic carbocycles. The maximum Gasteiger partial charge on any atom is 0.264 e. The summed E-state index contributed by atoms with van der Waals surface area (Å²) >= 11 is 5.99. The number of amides is 2. The van der Waals surface area contributed by atoms with Crippen LogP contribution >= 0.6 is 11.6 Å². The van der Waals surface area contributed by atoms with E-state index in [1.54, 1.807) is 53.4 Å². The van der Waals surface area contributed by atoms with Gasteiger partial charge in [0, 0.05) is 42.0 Å². The van der Waals surface area contributed by atoms with Gasteiger partial charge in [-0.1, -0.05) is 29.8 Å². The zero-order valence-corrected chi connectivity index (χ0v) is 19.4. The van der Waals surface area contributed by atoms with E-state index in [0.29, 0.717) is 29.4 Å². The molecule has 1 heterocycles. The molecule has 1 aliphatic rings. The Labute approximate surface area is 197 Å². The molecule has 0 atom stereocenters. The summed E-state index contributed by atoms with van der Waals surface area (Å²) in [6.07, 6.45) is 1.32. The Hall–Kier alpha value is -3.36. The highest BCUT2D eigenvalue weighted by Crippen LogP contribution is 2.26. The van der Waals surface area contributed by atoms with Crippen LogP contribution in [-0.2, 0) is 14.8 Å². The third kappa shape index (κ3) is 4.86. The van der Waals surface area contributed by atoms with Crippen molar-refractivity contribution in [1.29, 1.82) is 0 Å². The van der Waals surface area contributed by atoms with Gasteiger partial charge in [-0.25, -0.2) is 8.42 Å². The molecule has 4 rings (SSSR count). The van der Waals surface area contributed by atoms with E-state index in [2.05, 4.69) is 5.32 Å². The predicted molar refractivity (Wildman–Crippen MR) is 129 cm³/mol. The monoisotopic (exact) mass is 483 g/mol. The number of halogens is 1. The van der Waals surface area contributed by atoms with E-state index < -0.39 is 15.9 Å². The van der Waals surface area contributed by atoms with Crippen LogP contribution in [0.3, 0.4) is 0 Å². The molecular weight excluding hydrogens is 462 g/mol. The molecule has 0 spiro atoms. The Morgan fingerprint density at radius 3 is 2.52 bits per heavy atom. The lowest BCUT2D eigenvalue weighted by Crippen LogP contribution is -2.27. The second-order valence-electron chi connectivity index (χ2n) is 7.63. The van der Waals surface area contributed by atoms with Crippen LogP contribution in [0, 0.1) is 0 Å². The van der Waals surface area contributed by atoms with Crippen molar-refractivity contribution >= 4 is 50.5 Å². The molecule has 1 saturated heterocycles. The predicted octanol–water partition coefficient (Wildman–Crippen LogP) is 4.54. The molecule has 1 N–H and O–H groups in total. The highest BCUT2D eigenvalue weighted by molar-refractivity contribution is 7.92. The van der Waals surface area contributed by atoms with E-state index in [4.69, 9.17) is 11.6 Å². The third-order valence-corrected chi connectivity index (χ3v) is 7.43. The van der Waals surface area contributed by atoms with Gasteiger partial charge in [-0.3, -0.25) is 13.9 Å². The maximum atomic E-state index is 13.1. The minimum Gasteiger partial charge on any atom is -0.322 e. The van der Waals surface area contributed by atoms with Crippen molar-refractivity contribution in [1.82, 2.24) is 0 Å². The van der Waals surface area contributed by atoms with Crippen LogP contribution in [0.5, 0.6) is 0 Å². The van der Waals surface area contributed by atoms with Gasteiger partial charge >= 0.3 is 0 Å². The molecule has 3 aromatic rings. The number of nitrogens with one attached hydrogen (secondary N) is 1. The topological polar surface area (TPSA) is 86.8 Å². The van der Waals surface area contributed by atoms with Gasteiger partial charge in [-0.2, -0.15) is 0 Å². The molecular formula is C24H22ClN3O4S. The van der Waals surface area contributed by atoms with Crippen LogP contribution in [0.25, 0.3) is 0 Å². The average molecular weight is 484 g/mol. The Kier molecular flexibility index (Phi) is 6.40. The summed E-state index contributed by atoms with van der Waals surface area (Å²) in [5.74, 6) is -0.400. The van der Waals surface area contributed by atoms with Gasteiger partial charge in [0.25, 0.3) is 15.9 Å². The molecule has 33 heavy (non-hydrogen) atoms. The van der Waals surface area contributed by atoms with Crippen LogP contribution in [0.15, 0.2) is 77.7 Å². The summed E-state index contributed by atoms with van der Waals surface area (Å²) in [4.78, 5) is 26.5. The molecule has 3 aromatic carbocycles. The number of hydrogen-bond acceptors (Lipinski definition) is 4. The van der Waals surface area contributed by atoms with Gasteiger partial charge in [0.2, 0.25) is 5.91 Å². The minimum absolute atomic E-state index is 0.0194.